The molecule has 0 amide bonds. The molecule has 0 aliphatic heterocycles. The third kappa shape index (κ3) is 2.56. The van der Waals surface area contributed by atoms with E-state index in [4.69, 9.17) is 5.26 Å². The van der Waals surface area contributed by atoms with E-state index in [-0.39, 0.29) is 5.78 Å². The van der Waals surface area contributed by atoms with Crippen LogP contribution in [0.1, 0.15) is 40.1 Å². The van der Waals surface area contributed by atoms with Gasteiger partial charge in [0.15, 0.2) is 5.78 Å². The summed E-state index contributed by atoms with van der Waals surface area (Å²) in [4.78, 5) is 16.9. The third-order valence-electron chi connectivity index (χ3n) is 3.37. The van der Waals surface area contributed by atoms with Crippen molar-refractivity contribution < 1.29 is 4.79 Å². The molecule has 1 aliphatic rings. The lowest BCUT2D eigenvalue weighted by Crippen LogP contribution is -2.03. The minimum Gasteiger partial charge on any atom is -0.340 e. The predicted molar refractivity (Wildman–Crippen MR) is 78.4 cm³/mol. The zero-order chi connectivity index (χ0) is 13.9. The van der Waals surface area contributed by atoms with E-state index >= 15 is 0 Å². The first-order chi connectivity index (χ1) is 9.76. The molecule has 100 valence electrons. The Bertz CT molecular complexity index is 699. The Morgan fingerprint density at radius 1 is 1.30 bits per heavy atom. The van der Waals surface area contributed by atoms with Crippen LogP contribution in [0.4, 0.5) is 11.5 Å². The Hall–Kier alpha value is -2.19. The van der Waals surface area contributed by atoms with Crippen molar-refractivity contribution in [3.63, 3.8) is 0 Å². The summed E-state index contributed by atoms with van der Waals surface area (Å²) in [5, 5.41) is 13.9. The maximum absolute atomic E-state index is 11.9. The molecule has 1 aliphatic carbocycles. The number of nitriles is 1. The molecule has 3 rings (SSSR count). The Labute approximate surface area is 121 Å². The molecule has 0 aromatic carbocycles. The van der Waals surface area contributed by atoms with Crippen molar-refractivity contribution in [2.75, 3.05) is 5.32 Å². The number of nitrogens with zero attached hydrogens (tertiary/aromatic N) is 2. The van der Waals surface area contributed by atoms with Crippen LogP contribution in [0.15, 0.2) is 23.7 Å². The van der Waals surface area contributed by atoms with Crippen LogP contribution >= 0.6 is 11.3 Å². The molecule has 2 heterocycles. The number of Topliss-reactive ketones (excluding diaryl/α,β-unsaturated/α-hetero) is 1. The molecule has 0 saturated heterocycles. The highest BCUT2D eigenvalue weighted by molar-refractivity contribution is 7.11. The molecule has 2 aromatic heterocycles. The number of anilines is 2. The fourth-order valence-electron chi connectivity index (χ4n) is 2.37. The average molecular weight is 283 g/mol. The van der Waals surface area contributed by atoms with Crippen molar-refractivity contribution in [3.8, 4) is 6.07 Å². The average Bonchev–Trinajstić information content (AvgIpc) is 2.83. The van der Waals surface area contributed by atoms with Gasteiger partial charge in [-0.25, -0.2) is 4.98 Å². The highest BCUT2D eigenvalue weighted by Gasteiger charge is 2.16. The zero-order valence-corrected chi connectivity index (χ0v) is 11.7. The Morgan fingerprint density at radius 3 is 2.95 bits per heavy atom. The molecule has 0 bridgehead atoms. The van der Waals surface area contributed by atoms with E-state index in [1.807, 2.05) is 11.4 Å². The van der Waals surface area contributed by atoms with Crippen molar-refractivity contribution in [2.24, 2.45) is 0 Å². The predicted octanol–water partition coefficient (Wildman–Crippen LogP) is 3.67. The summed E-state index contributed by atoms with van der Waals surface area (Å²) in [6.07, 6.45) is 5.21. The van der Waals surface area contributed by atoms with Gasteiger partial charge in [0.05, 0.1) is 5.69 Å². The number of hydrogen-bond donors (Lipinski definition) is 1. The summed E-state index contributed by atoms with van der Waals surface area (Å²) < 4.78 is 0. The topological polar surface area (TPSA) is 65.8 Å². The minimum atomic E-state index is 0.193. The molecule has 0 saturated carbocycles. The second kappa shape index (κ2) is 5.43. The van der Waals surface area contributed by atoms with Crippen LogP contribution in [0, 0.1) is 11.3 Å². The maximum atomic E-state index is 11.9. The van der Waals surface area contributed by atoms with Crippen molar-refractivity contribution in [1.29, 1.82) is 5.26 Å². The first kappa shape index (κ1) is 12.8. The van der Waals surface area contributed by atoms with Gasteiger partial charge in [-0.1, -0.05) is 0 Å². The van der Waals surface area contributed by atoms with E-state index < -0.39 is 0 Å². The molecule has 0 radical (unpaired) electrons. The van der Waals surface area contributed by atoms with Gasteiger partial charge in [0.25, 0.3) is 0 Å². The number of pyridine rings is 1. The van der Waals surface area contributed by atoms with Gasteiger partial charge >= 0.3 is 0 Å². The third-order valence-corrected chi connectivity index (χ3v) is 4.21. The molecular formula is C15H13N3OS. The van der Waals surface area contributed by atoms with Crippen molar-refractivity contribution in [3.05, 3.63) is 39.7 Å². The van der Waals surface area contributed by atoms with Crippen LogP contribution in [-0.2, 0) is 6.42 Å². The Kier molecular flexibility index (Phi) is 3.48. The first-order valence-electron chi connectivity index (χ1n) is 6.54. The van der Waals surface area contributed by atoms with Crippen molar-refractivity contribution in [2.45, 2.75) is 25.7 Å². The van der Waals surface area contributed by atoms with Crippen LogP contribution in [0.2, 0.25) is 0 Å². The number of thiophene rings is 1. The van der Waals surface area contributed by atoms with Gasteiger partial charge in [0.1, 0.15) is 16.8 Å². The minimum absolute atomic E-state index is 0.193. The number of aryl methyl sites for hydroxylation is 1. The van der Waals surface area contributed by atoms with Gasteiger partial charge in [0.2, 0.25) is 0 Å². The van der Waals surface area contributed by atoms with Gasteiger partial charge < -0.3 is 5.32 Å². The summed E-state index contributed by atoms with van der Waals surface area (Å²) in [7, 11) is 0. The Morgan fingerprint density at radius 2 is 2.15 bits per heavy atom. The van der Waals surface area contributed by atoms with Gasteiger partial charge in [-0.2, -0.15) is 5.26 Å². The van der Waals surface area contributed by atoms with Crippen LogP contribution in [-0.4, -0.2) is 10.8 Å². The lowest BCUT2D eigenvalue weighted by molar-refractivity contribution is 0.0981. The summed E-state index contributed by atoms with van der Waals surface area (Å²) in [5.41, 5.74) is 2.69. The number of fused-ring (bicyclic) bond motifs is 1. The van der Waals surface area contributed by atoms with Crippen LogP contribution in [0.5, 0.6) is 0 Å². The summed E-state index contributed by atoms with van der Waals surface area (Å²) in [6, 6.07) is 5.85. The number of carbonyl (C=O) groups is 1. The highest BCUT2D eigenvalue weighted by atomic mass is 32.1. The van der Waals surface area contributed by atoms with E-state index in [1.54, 1.807) is 12.3 Å². The summed E-state index contributed by atoms with van der Waals surface area (Å²) in [5.74, 6) is 0.916. The van der Waals surface area contributed by atoms with E-state index in [0.717, 1.165) is 41.9 Å². The SMILES string of the molecule is N#Cc1cc(Nc2cc3c(cn2)C(=O)CCCC3)cs1. The number of rotatable bonds is 2. The van der Waals surface area contributed by atoms with E-state index in [2.05, 4.69) is 16.4 Å². The lowest BCUT2D eigenvalue weighted by Gasteiger charge is -2.08. The lowest BCUT2D eigenvalue weighted by atomic mass is 10.1. The summed E-state index contributed by atoms with van der Waals surface area (Å²) in [6.45, 7) is 0. The number of hydrogen-bond acceptors (Lipinski definition) is 5. The molecule has 0 fully saturated rings. The van der Waals surface area contributed by atoms with E-state index in [9.17, 15) is 4.79 Å². The molecule has 1 N–H and O–H groups in total. The summed E-state index contributed by atoms with van der Waals surface area (Å²) >= 11 is 1.40. The monoisotopic (exact) mass is 283 g/mol. The molecule has 4 nitrogen and oxygen atoms in total. The number of nitrogens with one attached hydrogen (secondary N) is 1. The quantitative estimate of drug-likeness (QED) is 0.854. The second-order valence-electron chi connectivity index (χ2n) is 4.79. The van der Waals surface area contributed by atoms with Gasteiger partial charge in [-0.3, -0.25) is 4.79 Å². The number of carbonyl (C=O) groups excluding carboxylic acids is 1. The molecule has 0 atom stereocenters. The smallest absolute Gasteiger partial charge is 0.164 e. The van der Waals surface area contributed by atoms with E-state index in [0.29, 0.717) is 11.3 Å². The number of ketones is 1. The standard InChI is InChI=1S/C15H13N3OS/c16-7-12-6-11(9-20-12)18-15-5-10-3-1-2-4-14(19)13(10)8-17-15/h5-6,8-9H,1-4H2,(H,17,18). The molecule has 2 aromatic rings. The molecule has 5 heteroatoms. The fraction of sp³-hybridized carbons (Fsp3) is 0.267. The number of aromatic nitrogens is 1. The molecule has 0 unspecified atom stereocenters. The van der Waals surface area contributed by atoms with Crippen LogP contribution in [0.25, 0.3) is 0 Å². The van der Waals surface area contributed by atoms with Crippen LogP contribution in [0.3, 0.4) is 0 Å². The van der Waals surface area contributed by atoms with Crippen LogP contribution < -0.4 is 5.32 Å². The van der Waals surface area contributed by atoms with E-state index in [1.165, 1.54) is 11.3 Å². The van der Waals surface area contributed by atoms with Gasteiger partial charge in [-0.15, -0.1) is 11.3 Å². The van der Waals surface area contributed by atoms with Crippen molar-refractivity contribution >= 4 is 28.6 Å². The second-order valence-corrected chi connectivity index (χ2v) is 5.70. The fourth-order valence-corrected chi connectivity index (χ4v) is 3.00. The van der Waals surface area contributed by atoms with Gasteiger partial charge in [0, 0.05) is 23.6 Å². The Balaban J connectivity index is 1.86. The normalized spacial score (nSPS) is 14.2. The molecule has 20 heavy (non-hydrogen) atoms. The zero-order valence-electron chi connectivity index (χ0n) is 10.8. The van der Waals surface area contributed by atoms with Crippen molar-refractivity contribution in [1.82, 2.24) is 4.98 Å². The highest BCUT2D eigenvalue weighted by Crippen LogP contribution is 2.25. The molecular weight excluding hydrogens is 270 g/mol. The molecule has 0 spiro atoms. The maximum Gasteiger partial charge on any atom is 0.164 e. The largest absolute Gasteiger partial charge is 0.340 e. The van der Waals surface area contributed by atoms with Gasteiger partial charge in [-0.05, 0) is 37.0 Å². The first-order valence-corrected chi connectivity index (χ1v) is 7.42.